The van der Waals surface area contributed by atoms with E-state index in [1.807, 2.05) is 12.1 Å². The Morgan fingerprint density at radius 1 is 1.47 bits per heavy atom. The normalized spacial score (nSPS) is 15.8. The van der Waals surface area contributed by atoms with Crippen LogP contribution >= 0.6 is 0 Å². The second kappa shape index (κ2) is 7.19. The number of furan rings is 1. The number of nitrogens with one attached hydrogen (secondary N) is 2. The predicted molar refractivity (Wildman–Crippen MR) is 77.2 cm³/mol. The molecule has 1 aromatic heterocycles. The summed E-state index contributed by atoms with van der Waals surface area (Å²) in [6, 6.07) is 4.67. The van der Waals surface area contributed by atoms with Crippen molar-refractivity contribution in [2.75, 3.05) is 26.7 Å². The Balaban J connectivity index is 1.64. The van der Waals surface area contributed by atoms with Gasteiger partial charge in [-0.3, -0.25) is 9.89 Å². The number of hydrogen-bond donors (Lipinski definition) is 2. The number of hydrogen-bond acceptors (Lipinski definition) is 3. The molecule has 0 spiro atoms. The first-order valence-electron chi connectivity index (χ1n) is 7.04. The van der Waals surface area contributed by atoms with Gasteiger partial charge >= 0.3 is 0 Å². The van der Waals surface area contributed by atoms with Gasteiger partial charge in [0.25, 0.3) is 0 Å². The summed E-state index contributed by atoms with van der Waals surface area (Å²) in [7, 11) is 1.79. The Morgan fingerprint density at radius 3 is 2.89 bits per heavy atom. The fourth-order valence-corrected chi connectivity index (χ4v) is 2.16. The maximum atomic E-state index is 5.27. The van der Waals surface area contributed by atoms with Crippen LogP contribution in [0.4, 0.5) is 0 Å². The van der Waals surface area contributed by atoms with E-state index < -0.39 is 0 Å². The van der Waals surface area contributed by atoms with E-state index in [0.717, 1.165) is 37.4 Å². The van der Waals surface area contributed by atoms with Gasteiger partial charge in [0.15, 0.2) is 5.96 Å². The molecule has 0 amide bonds. The van der Waals surface area contributed by atoms with Gasteiger partial charge < -0.3 is 15.1 Å². The fraction of sp³-hybridized carbons (Fsp3) is 0.643. The van der Waals surface area contributed by atoms with Gasteiger partial charge in [-0.25, -0.2) is 0 Å². The summed E-state index contributed by atoms with van der Waals surface area (Å²) < 4.78 is 5.27. The smallest absolute Gasteiger partial charge is 0.191 e. The Morgan fingerprint density at radius 2 is 2.32 bits per heavy atom. The molecule has 0 bridgehead atoms. The highest BCUT2D eigenvalue weighted by Crippen LogP contribution is 2.25. The van der Waals surface area contributed by atoms with Crippen LogP contribution < -0.4 is 10.6 Å². The van der Waals surface area contributed by atoms with Gasteiger partial charge in [-0.1, -0.05) is 6.92 Å². The zero-order valence-corrected chi connectivity index (χ0v) is 11.9. The van der Waals surface area contributed by atoms with Crippen LogP contribution in [0.25, 0.3) is 0 Å². The van der Waals surface area contributed by atoms with Crippen LogP contribution in [-0.2, 0) is 6.54 Å². The van der Waals surface area contributed by atoms with Gasteiger partial charge in [-0.2, -0.15) is 0 Å². The summed E-state index contributed by atoms with van der Waals surface area (Å²) in [5.74, 6) is 1.74. The van der Waals surface area contributed by atoms with Crippen molar-refractivity contribution < 1.29 is 4.42 Å². The van der Waals surface area contributed by atoms with Crippen LogP contribution in [0, 0.1) is 0 Å². The molecule has 5 nitrogen and oxygen atoms in total. The van der Waals surface area contributed by atoms with E-state index in [1.54, 1.807) is 13.3 Å². The standard InChI is InChI=1S/C14H24N4O/c1-3-18(12-6-7-12)9-8-16-14(15-2)17-11-13-5-4-10-19-13/h4-5,10,12H,3,6-9,11H2,1-2H3,(H2,15,16,17). The Bertz CT molecular complexity index is 384. The summed E-state index contributed by atoms with van der Waals surface area (Å²) in [6.07, 6.45) is 4.40. The number of aliphatic imine (C=N–C) groups is 1. The van der Waals surface area contributed by atoms with Crippen LogP contribution in [0.15, 0.2) is 27.8 Å². The number of rotatable bonds is 7. The van der Waals surface area contributed by atoms with Gasteiger partial charge in [0.2, 0.25) is 0 Å². The highest BCUT2D eigenvalue weighted by molar-refractivity contribution is 5.79. The predicted octanol–water partition coefficient (Wildman–Crippen LogP) is 1.43. The summed E-state index contributed by atoms with van der Waals surface area (Å²) in [4.78, 5) is 6.73. The van der Waals surface area contributed by atoms with Crippen molar-refractivity contribution >= 4 is 5.96 Å². The molecule has 0 saturated heterocycles. The van der Waals surface area contributed by atoms with E-state index in [1.165, 1.54) is 12.8 Å². The van der Waals surface area contributed by atoms with Crippen LogP contribution in [0.1, 0.15) is 25.5 Å². The van der Waals surface area contributed by atoms with E-state index in [0.29, 0.717) is 6.54 Å². The maximum Gasteiger partial charge on any atom is 0.191 e. The third-order valence-corrected chi connectivity index (χ3v) is 3.39. The molecule has 0 aromatic carbocycles. The molecule has 0 aliphatic heterocycles. The van der Waals surface area contributed by atoms with Crippen molar-refractivity contribution in [2.24, 2.45) is 4.99 Å². The molecule has 2 N–H and O–H groups in total. The molecule has 0 unspecified atom stereocenters. The van der Waals surface area contributed by atoms with Gasteiger partial charge in [-0.05, 0) is 31.5 Å². The highest BCUT2D eigenvalue weighted by atomic mass is 16.3. The number of nitrogens with zero attached hydrogens (tertiary/aromatic N) is 2. The van der Waals surface area contributed by atoms with Crippen LogP contribution in [0.2, 0.25) is 0 Å². The van der Waals surface area contributed by atoms with Crippen molar-refractivity contribution in [3.05, 3.63) is 24.2 Å². The van der Waals surface area contributed by atoms with Crippen molar-refractivity contribution in [1.82, 2.24) is 15.5 Å². The SMILES string of the molecule is CCN(CCNC(=NC)NCc1ccco1)C1CC1. The Hall–Kier alpha value is -1.49. The van der Waals surface area contributed by atoms with Crippen molar-refractivity contribution in [1.29, 1.82) is 0 Å². The molecule has 1 aromatic rings. The lowest BCUT2D eigenvalue weighted by Crippen LogP contribution is -2.41. The van der Waals surface area contributed by atoms with Gasteiger partial charge in [0.05, 0.1) is 12.8 Å². The molecule has 5 heteroatoms. The minimum atomic E-state index is 0.660. The van der Waals surface area contributed by atoms with Gasteiger partial charge in [0, 0.05) is 26.2 Å². The Kier molecular flexibility index (Phi) is 5.27. The first-order valence-corrected chi connectivity index (χ1v) is 7.04. The first-order chi connectivity index (χ1) is 9.33. The zero-order chi connectivity index (χ0) is 13.5. The molecule has 106 valence electrons. The summed E-state index contributed by atoms with van der Waals surface area (Å²) in [5.41, 5.74) is 0. The van der Waals surface area contributed by atoms with E-state index in [2.05, 4.69) is 27.4 Å². The van der Waals surface area contributed by atoms with Crippen molar-refractivity contribution in [3.8, 4) is 0 Å². The van der Waals surface area contributed by atoms with Crippen molar-refractivity contribution in [3.63, 3.8) is 0 Å². The second-order valence-electron chi connectivity index (χ2n) is 4.79. The average Bonchev–Trinajstić information content (AvgIpc) is 3.14. The minimum Gasteiger partial charge on any atom is -0.467 e. The summed E-state index contributed by atoms with van der Waals surface area (Å²) in [6.45, 7) is 6.00. The third kappa shape index (κ3) is 4.59. The number of guanidine groups is 1. The van der Waals surface area contributed by atoms with Gasteiger partial charge in [-0.15, -0.1) is 0 Å². The molecule has 1 fully saturated rings. The average molecular weight is 264 g/mol. The molecule has 0 atom stereocenters. The lowest BCUT2D eigenvalue weighted by atomic mass is 10.4. The number of likely N-dealkylation sites (N-methyl/N-ethyl adjacent to an activating group) is 1. The van der Waals surface area contributed by atoms with E-state index in [4.69, 9.17) is 4.42 Å². The van der Waals surface area contributed by atoms with Gasteiger partial charge in [0.1, 0.15) is 5.76 Å². The molecule has 2 rings (SSSR count). The first kappa shape index (κ1) is 13.9. The molecule has 1 aliphatic rings. The quantitative estimate of drug-likeness (QED) is 0.578. The molecular weight excluding hydrogens is 240 g/mol. The molecule has 1 aliphatic carbocycles. The lowest BCUT2D eigenvalue weighted by Gasteiger charge is -2.20. The van der Waals surface area contributed by atoms with E-state index in [-0.39, 0.29) is 0 Å². The highest BCUT2D eigenvalue weighted by Gasteiger charge is 2.27. The molecule has 19 heavy (non-hydrogen) atoms. The molecule has 1 heterocycles. The molecular formula is C14H24N4O. The molecule has 1 saturated carbocycles. The topological polar surface area (TPSA) is 52.8 Å². The monoisotopic (exact) mass is 264 g/mol. The van der Waals surface area contributed by atoms with Crippen LogP contribution in [0.3, 0.4) is 0 Å². The summed E-state index contributed by atoms with van der Waals surface area (Å²) >= 11 is 0. The van der Waals surface area contributed by atoms with Crippen molar-refractivity contribution in [2.45, 2.75) is 32.4 Å². The largest absolute Gasteiger partial charge is 0.467 e. The van der Waals surface area contributed by atoms with E-state index >= 15 is 0 Å². The van der Waals surface area contributed by atoms with E-state index in [9.17, 15) is 0 Å². The van der Waals surface area contributed by atoms with Crippen LogP contribution in [0.5, 0.6) is 0 Å². The second-order valence-corrected chi connectivity index (χ2v) is 4.79. The summed E-state index contributed by atoms with van der Waals surface area (Å²) in [5, 5.41) is 6.57. The minimum absolute atomic E-state index is 0.660. The zero-order valence-electron chi connectivity index (χ0n) is 11.9. The fourth-order valence-electron chi connectivity index (χ4n) is 2.16. The van der Waals surface area contributed by atoms with Crippen LogP contribution in [-0.4, -0.2) is 43.6 Å². The third-order valence-electron chi connectivity index (χ3n) is 3.39. The lowest BCUT2D eigenvalue weighted by molar-refractivity contribution is 0.282. The Labute approximate surface area is 115 Å². The maximum absolute atomic E-state index is 5.27. The molecule has 0 radical (unpaired) electrons.